The van der Waals surface area contributed by atoms with Gasteiger partial charge < -0.3 is 4.90 Å². The average Bonchev–Trinajstić information content (AvgIpc) is 2.97. The first kappa shape index (κ1) is 15.6. The molecule has 0 aromatic heterocycles. The molecule has 0 saturated carbocycles. The Morgan fingerprint density at radius 1 is 1.04 bits per heavy atom. The maximum atomic E-state index is 3.24. The van der Waals surface area contributed by atoms with Crippen molar-refractivity contribution in [1.82, 2.24) is 4.90 Å². The van der Waals surface area contributed by atoms with Gasteiger partial charge in [-0.15, -0.1) is 5.92 Å². The second-order valence-electron chi connectivity index (χ2n) is 6.22. The van der Waals surface area contributed by atoms with Crippen molar-refractivity contribution in [2.24, 2.45) is 0 Å². The van der Waals surface area contributed by atoms with E-state index < -0.39 is 0 Å². The molecule has 1 heterocycles. The van der Waals surface area contributed by atoms with E-state index in [-0.39, 0.29) is 0 Å². The topological polar surface area (TPSA) is 6.48 Å². The number of rotatable bonds is 4. The van der Waals surface area contributed by atoms with Crippen LogP contribution in [0.15, 0.2) is 54.6 Å². The fraction of sp³-hybridized carbons (Fsp3) is 0.333. The third-order valence-electron chi connectivity index (χ3n) is 4.47. The van der Waals surface area contributed by atoms with E-state index >= 15 is 0 Å². The first-order chi connectivity index (χ1) is 11.3. The minimum Gasteiger partial charge on any atom is -0.357 e. The van der Waals surface area contributed by atoms with Gasteiger partial charge in [-0.2, -0.15) is 0 Å². The number of aryl methyl sites for hydroxylation is 1. The highest BCUT2D eigenvalue weighted by molar-refractivity contribution is 5.48. The summed E-state index contributed by atoms with van der Waals surface area (Å²) in [6, 6.07) is 20.1. The van der Waals surface area contributed by atoms with E-state index in [0.717, 1.165) is 26.2 Å². The molecule has 0 radical (unpaired) electrons. The van der Waals surface area contributed by atoms with Gasteiger partial charge in [0.1, 0.15) is 0 Å². The fourth-order valence-electron chi connectivity index (χ4n) is 3.14. The van der Waals surface area contributed by atoms with Crippen LogP contribution < -0.4 is 4.90 Å². The molecule has 1 aliphatic rings. The van der Waals surface area contributed by atoms with Crippen LogP contribution in [0.25, 0.3) is 0 Å². The third kappa shape index (κ3) is 3.94. The van der Waals surface area contributed by atoms with Crippen molar-refractivity contribution in [1.29, 1.82) is 0 Å². The van der Waals surface area contributed by atoms with Gasteiger partial charge in [0.25, 0.3) is 0 Å². The molecule has 1 saturated heterocycles. The molecule has 0 N–H and O–H groups in total. The van der Waals surface area contributed by atoms with Gasteiger partial charge in [0.2, 0.25) is 0 Å². The van der Waals surface area contributed by atoms with Crippen molar-refractivity contribution in [2.75, 3.05) is 24.7 Å². The predicted octanol–water partition coefficient (Wildman–Crippen LogP) is 3.71. The maximum Gasteiger partial charge on any atom is 0.0718 e. The molecule has 1 fully saturated rings. The highest BCUT2D eigenvalue weighted by Crippen LogP contribution is 2.24. The second kappa shape index (κ2) is 7.35. The average molecular weight is 304 g/mol. The summed E-state index contributed by atoms with van der Waals surface area (Å²) in [4.78, 5) is 4.95. The summed E-state index contributed by atoms with van der Waals surface area (Å²) in [5, 5.41) is 0. The van der Waals surface area contributed by atoms with Crippen LogP contribution in [0.3, 0.4) is 0 Å². The monoisotopic (exact) mass is 304 g/mol. The van der Waals surface area contributed by atoms with Crippen molar-refractivity contribution in [3.8, 4) is 11.8 Å². The minimum atomic E-state index is 0.513. The Morgan fingerprint density at radius 2 is 1.78 bits per heavy atom. The molecule has 23 heavy (non-hydrogen) atoms. The van der Waals surface area contributed by atoms with Crippen molar-refractivity contribution in [3.05, 3.63) is 65.7 Å². The largest absolute Gasteiger partial charge is 0.357 e. The Bertz CT molecular complexity index is 679. The number of benzene rings is 2. The molecule has 2 heteroatoms. The molecule has 0 spiro atoms. The Kier molecular flexibility index (Phi) is 5.00. The molecule has 2 nitrogen and oxygen atoms in total. The van der Waals surface area contributed by atoms with E-state index in [0.29, 0.717) is 6.04 Å². The van der Waals surface area contributed by atoms with Gasteiger partial charge in [-0.25, -0.2) is 0 Å². The molecule has 1 aliphatic heterocycles. The van der Waals surface area contributed by atoms with Crippen LogP contribution >= 0.6 is 0 Å². The summed E-state index contributed by atoms with van der Waals surface area (Å²) >= 11 is 0. The van der Waals surface area contributed by atoms with Crippen molar-refractivity contribution < 1.29 is 0 Å². The zero-order valence-corrected chi connectivity index (χ0v) is 14.0. The SMILES string of the molecule is CC#CCN1CN(c2ccc(C)cc2)C[C@@H]1Cc1ccccc1. The molecule has 0 unspecified atom stereocenters. The Labute approximate surface area is 139 Å². The zero-order chi connectivity index (χ0) is 16.1. The fourth-order valence-corrected chi connectivity index (χ4v) is 3.14. The lowest BCUT2D eigenvalue weighted by molar-refractivity contribution is 0.290. The van der Waals surface area contributed by atoms with Crippen molar-refractivity contribution in [2.45, 2.75) is 26.3 Å². The van der Waals surface area contributed by atoms with E-state index in [1.165, 1.54) is 16.8 Å². The highest BCUT2D eigenvalue weighted by Gasteiger charge is 2.29. The minimum absolute atomic E-state index is 0.513. The van der Waals surface area contributed by atoms with Crippen LogP contribution in [0.2, 0.25) is 0 Å². The third-order valence-corrected chi connectivity index (χ3v) is 4.47. The smallest absolute Gasteiger partial charge is 0.0718 e. The summed E-state index contributed by atoms with van der Waals surface area (Å²) in [5.74, 6) is 6.27. The molecule has 118 valence electrons. The quantitative estimate of drug-likeness (QED) is 0.795. The van der Waals surface area contributed by atoms with Crippen LogP contribution in [-0.4, -0.2) is 30.7 Å². The molecule has 2 aromatic carbocycles. The molecule has 3 rings (SSSR count). The summed E-state index contributed by atoms with van der Waals surface area (Å²) in [7, 11) is 0. The van der Waals surface area contributed by atoms with Crippen LogP contribution in [0, 0.1) is 18.8 Å². The van der Waals surface area contributed by atoms with E-state index in [4.69, 9.17) is 0 Å². The van der Waals surface area contributed by atoms with E-state index in [2.05, 4.69) is 83.2 Å². The lowest BCUT2D eigenvalue weighted by atomic mass is 10.1. The molecular weight excluding hydrogens is 280 g/mol. The number of nitrogens with zero attached hydrogens (tertiary/aromatic N) is 2. The van der Waals surface area contributed by atoms with E-state index in [1.54, 1.807) is 0 Å². The summed E-state index contributed by atoms with van der Waals surface area (Å²) in [6.45, 7) is 6.91. The molecule has 0 aliphatic carbocycles. The summed E-state index contributed by atoms with van der Waals surface area (Å²) < 4.78 is 0. The van der Waals surface area contributed by atoms with E-state index in [9.17, 15) is 0 Å². The number of anilines is 1. The van der Waals surface area contributed by atoms with Gasteiger partial charge in [0, 0.05) is 18.3 Å². The van der Waals surface area contributed by atoms with Crippen LogP contribution in [-0.2, 0) is 6.42 Å². The zero-order valence-electron chi connectivity index (χ0n) is 14.0. The second-order valence-corrected chi connectivity index (χ2v) is 6.22. The lowest BCUT2D eigenvalue weighted by Crippen LogP contribution is -2.33. The standard InChI is InChI=1S/C21H24N2/c1-3-4-14-22-17-23(20-12-10-18(2)11-13-20)16-21(22)15-19-8-6-5-7-9-19/h5-13,21H,14-17H2,1-2H3/t21-/m0/s1. The summed E-state index contributed by atoms with van der Waals surface area (Å²) in [6.07, 6.45) is 1.08. The highest BCUT2D eigenvalue weighted by atomic mass is 15.4. The lowest BCUT2D eigenvalue weighted by Gasteiger charge is -2.20. The molecular formula is C21H24N2. The van der Waals surface area contributed by atoms with Crippen LogP contribution in [0.1, 0.15) is 18.1 Å². The van der Waals surface area contributed by atoms with Crippen LogP contribution in [0.5, 0.6) is 0 Å². The maximum absolute atomic E-state index is 3.24. The number of hydrogen-bond donors (Lipinski definition) is 0. The Balaban J connectivity index is 1.75. The summed E-state index contributed by atoms with van der Waals surface area (Å²) in [5.41, 5.74) is 4.01. The van der Waals surface area contributed by atoms with E-state index in [1.807, 2.05) is 6.92 Å². The van der Waals surface area contributed by atoms with Crippen LogP contribution in [0.4, 0.5) is 5.69 Å². The van der Waals surface area contributed by atoms with Crippen molar-refractivity contribution >= 4 is 5.69 Å². The van der Waals surface area contributed by atoms with Gasteiger partial charge in [0.05, 0.1) is 13.2 Å². The van der Waals surface area contributed by atoms with Gasteiger partial charge in [0.15, 0.2) is 0 Å². The molecule has 2 aromatic rings. The van der Waals surface area contributed by atoms with Crippen molar-refractivity contribution in [3.63, 3.8) is 0 Å². The van der Waals surface area contributed by atoms with Gasteiger partial charge in [-0.1, -0.05) is 53.9 Å². The molecule has 0 bridgehead atoms. The van der Waals surface area contributed by atoms with Gasteiger partial charge in [-0.05, 0) is 38.0 Å². The molecule has 0 amide bonds. The van der Waals surface area contributed by atoms with Gasteiger partial charge in [-0.3, -0.25) is 4.90 Å². The first-order valence-corrected chi connectivity index (χ1v) is 8.25. The predicted molar refractivity (Wildman–Crippen MR) is 97.5 cm³/mol. The van der Waals surface area contributed by atoms with Gasteiger partial charge >= 0.3 is 0 Å². The first-order valence-electron chi connectivity index (χ1n) is 8.25. The molecule has 1 atom stereocenters. The number of hydrogen-bond acceptors (Lipinski definition) is 2. The Morgan fingerprint density at radius 3 is 2.48 bits per heavy atom. The Hall–Kier alpha value is -2.24. The normalized spacial score (nSPS) is 17.8.